The molecule has 0 aromatic carbocycles. The molecule has 7 heteroatoms. The second kappa shape index (κ2) is 4.48. The number of nitrogens with zero attached hydrogens (tertiary/aromatic N) is 2. The summed E-state index contributed by atoms with van der Waals surface area (Å²) < 4.78 is 24.9. The number of hydrogen-bond acceptors (Lipinski definition) is 4. The van der Waals surface area contributed by atoms with E-state index < -0.39 is 16.9 Å². The van der Waals surface area contributed by atoms with Gasteiger partial charge in [0.05, 0.1) is 10.5 Å². The minimum Gasteiger partial charge on any atom is -0.320 e. The minimum atomic E-state index is -2.68. The lowest BCUT2D eigenvalue weighted by Gasteiger charge is -2.22. The maximum atomic E-state index is 12.4. The van der Waals surface area contributed by atoms with Crippen LogP contribution in [0.15, 0.2) is 18.3 Å². The van der Waals surface area contributed by atoms with Crippen molar-refractivity contribution >= 4 is 5.69 Å². The summed E-state index contributed by atoms with van der Waals surface area (Å²) >= 11 is 0. The molecule has 88 valence electrons. The van der Waals surface area contributed by atoms with Gasteiger partial charge in [-0.15, -0.1) is 0 Å². The second-order valence-corrected chi connectivity index (χ2v) is 3.75. The van der Waals surface area contributed by atoms with Crippen LogP contribution in [0.2, 0.25) is 0 Å². The summed E-state index contributed by atoms with van der Waals surface area (Å²) in [5, 5.41) is 10.3. The molecule has 0 aliphatic carbocycles. The zero-order chi connectivity index (χ0) is 12.3. The molecule has 1 atom stereocenters. The molecule has 0 aliphatic heterocycles. The molecule has 0 amide bonds. The third kappa shape index (κ3) is 2.93. The molecule has 0 bridgehead atoms. The molecule has 1 aromatic heterocycles. The normalized spacial score (nSPS) is 14.8. The van der Waals surface area contributed by atoms with Crippen molar-refractivity contribution in [2.45, 2.75) is 25.3 Å². The van der Waals surface area contributed by atoms with Crippen LogP contribution in [0.4, 0.5) is 14.5 Å². The molecule has 0 saturated heterocycles. The smallest absolute Gasteiger partial charge is 0.287 e. The van der Waals surface area contributed by atoms with Gasteiger partial charge in [0.1, 0.15) is 6.20 Å². The third-order valence-electron chi connectivity index (χ3n) is 2.08. The number of rotatable bonds is 4. The first-order valence-electron chi connectivity index (χ1n) is 4.49. The van der Waals surface area contributed by atoms with Crippen molar-refractivity contribution in [3.8, 4) is 0 Å². The van der Waals surface area contributed by atoms with Gasteiger partial charge in [0, 0.05) is 18.2 Å². The van der Waals surface area contributed by atoms with Crippen molar-refractivity contribution < 1.29 is 13.7 Å². The molecule has 2 N–H and O–H groups in total. The Morgan fingerprint density at radius 2 is 2.25 bits per heavy atom. The highest BCUT2D eigenvalue weighted by Gasteiger charge is 2.31. The molecule has 16 heavy (non-hydrogen) atoms. The molecule has 0 saturated carbocycles. The second-order valence-electron chi connectivity index (χ2n) is 3.75. The highest BCUT2D eigenvalue weighted by molar-refractivity contribution is 5.27. The minimum absolute atomic E-state index is 0.136. The molecule has 1 unspecified atom stereocenters. The molecule has 0 radical (unpaired) electrons. The fraction of sp³-hybridized carbons (Fsp3) is 0.444. The van der Waals surface area contributed by atoms with Crippen molar-refractivity contribution in [1.29, 1.82) is 0 Å². The molecule has 0 spiro atoms. The standard InChI is InChI=1S/C9H11F2N3O2/c1-9(12,8(10)11)4-6-2-3-7(5-13-6)14(15)16/h2-3,5,8H,4,12H2,1H3. The van der Waals surface area contributed by atoms with Crippen LogP contribution >= 0.6 is 0 Å². The van der Waals surface area contributed by atoms with Crippen molar-refractivity contribution in [2.75, 3.05) is 0 Å². The summed E-state index contributed by atoms with van der Waals surface area (Å²) in [6.45, 7) is 1.21. The monoisotopic (exact) mass is 231 g/mol. The van der Waals surface area contributed by atoms with Gasteiger partial charge in [0.2, 0.25) is 0 Å². The van der Waals surface area contributed by atoms with Gasteiger partial charge in [0.25, 0.3) is 12.1 Å². The van der Waals surface area contributed by atoms with E-state index in [9.17, 15) is 18.9 Å². The predicted molar refractivity (Wildman–Crippen MR) is 53.2 cm³/mol. The number of hydrogen-bond donors (Lipinski definition) is 1. The molecular formula is C9H11F2N3O2. The molecule has 0 fully saturated rings. The van der Waals surface area contributed by atoms with Crippen molar-refractivity contribution in [3.63, 3.8) is 0 Å². The van der Waals surface area contributed by atoms with Crippen molar-refractivity contribution in [2.24, 2.45) is 5.73 Å². The zero-order valence-electron chi connectivity index (χ0n) is 8.56. The largest absolute Gasteiger partial charge is 0.320 e. The van der Waals surface area contributed by atoms with Crippen LogP contribution in [-0.4, -0.2) is 21.9 Å². The van der Waals surface area contributed by atoms with Crippen LogP contribution in [0.1, 0.15) is 12.6 Å². The first-order chi connectivity index (χ1) is 7.33. The first-order valence-corrected chi connectivity index (χ1v) is 4.49. The first kappa shape index (κ1) is 12.4. The van der Waals surface area contributed by atoms with Crippen LogP contribution in [0.25, 0.3) is 0 Å². The molecule has 5 nitrogen and oxygen atoms in total. The Hall–Kier alpha value is -1.63. The van der Waals surface area contributed by atoms with Crippen LogP contribution in [0.5, 0.6) is 0 Å². The van der Waals surface area contributed by atoms with E-state index in [0.29, 0.717) is 5.69 Å². The van der Waals surface area contributed by atoms with Gasteiger partial charge in [0.15, 0.2) is 0 Å². The van der Waals surface area contributed by atoms with Gasteiger partial charge < -0.3 is 5.73 Å². The molecule has 1 rings (SSSR count). The predicted octanol–water partition coefficient (Wildman–Crippen LogP) is 1.51. The third-order valence-corrected chi connectivity index (χ3v) is 2.08. The van der Waals surface area contributed by atoms with Gasteiger partial charge in [-0.1, -0.05) is 0 Å². The Labute approximate surface area is 90.4 Å². The number of aromatic nitrogens is 1. The molecular weight excluding hydrogens is 220 g/mol. The van der Waals surface area contributed by atoms with Gasteiger partial charge in [-0.3, -0.25) is 15.1 Å². The Balaban J connectivity index is 2.80. The van der Waals surface area contributed by atoms with Gasteiger partial charge >= 0.3 is 0 Å². The summed E-state index contributed by atoms with van der Waals surface area (Å²) in [6, 6.07) is 2.54. The fourth-order valence-electron chi connectivity index (χ4n) is 1.10. The number of nitro groups is 1. The van der Waals surface area contributed by atoms with Crippen LogP contribution in [0, 0.1) is 10.1 Å². The van der Waals surface area contributed by atoms with Gasteiger partial charge in [-0.05, 0) is 13.0 Å². The van der Waals surface area contributed by atoms with E-state index in [4.69, 9.17) is 5.73 Å². The topological polar surface area (TPSA) is 82.0 Å². The van der Waals surface area contributed by atoms with E-state index >= 15 is 0 Å². The van der Waals surface area contributed by atoms with Crippen LogP contribution in [-0.2, 0) is 6.42 Å². The van der Waals surface area contributed by atoms with Crippen molar-refractivity contribution in [1.82, 2.24) is 4.98 Å². The zero-order valence-corrected chi connectivity index (χ0v) is 8.56. The number of pyridine rings is 1. The Morgan fingerprint density at radius 1 is 1.62 bits per heavy atom. The van der Waals surface area contributed by atoms with E-state index in [1.807, 2.05) is 0 Å². The van der Waals surface area contributed by atoms with Crippen molar-refractivity contribution in [3.05, 3.63) is 34.1 Å². The summed E-state index contributed by atoms with van der Waals surface area (Å²) in [6.07, 6.45) is -1.79. The fourth-order valence-corrected chi connectivity index (χ4v) is 1.10. The summed E-state index contributed by atoms with van der Waals surface area (Å²) in [4.78, 5) is 13.4. The van der Waals surface area contributed by atoms with E-state index in [1.165, 1.54) is 19.1 Å². The highest BCUT2D eigenvalue weighted by Crippen LogP contribution is 2.18. The number of alkyl halides is 2. The average Bonchev–Trinajstić information content (AvgIpc) is 2.17. The number of nitrogens with two attached hydrogens (primary N) is 1. The summed E-state index contributed by atoms with van der Waals surface area (Å²) in [7, 11) is 0. The highest BCUT2D eigenvalue weighted by atomic mass is 19.3. The van der Waals surface area contributed by atoms with Crippen LogP contribution in [0.3, 0.4) is 0 Å². The molecule has 1 aromatic rings. The number of halogens is 2. The molecule has 1 heterocycles. The Bertz CT molecular complexity index is 379. The van der Waals surface area contributed by atoms with E-state index in [2.05, 4.69) is 4.98 Å². The van der Waals surface area contributed by atoms with E-state index in [1.54, 1.807) is 0 Å². The molecule has 0 aliphatic rings. The van der Waals surface area contributed by atoms with E-state index in [0.717, 1.165) is 6.20 Å². The summed E-state index contributed by atoms with van der Waals surface area (Å²) in [5.74, 6) is 0. The SMILES string of the molecule is CC(N)(Cc1ccc([N+](=O)[O-])cn1)C(F)F. The van der Waals surface area contributed by atoms with Gasteiger partial charge in [-0.25, -0.2) is 8.78 Å². The van der Waals surface area contributed by atoms with Crippen LogP contribution < -0.4 is 5.73 Å². The average molecular weight is 231 g/mol. The quantitative estimate of drug-likeness (QED) is 0.629. The lowest BCUT2D eigenvalue weighted by atomic mass is 9.97. The lowest BCUT2D eigenvalue weighted by molar-refractivity contribution is -0.385. The Kier molecular flexibility index (Phi) is 3.48. The van der Waals surface area contributed by atoms with E-state index in [-0.39, 0.29) is 12.1 Å². The Morgan fingerprint density at radius 3 is 2.62 bits per heavy atom. The van der Waals surface area contributed by atoms with Gasteiger partial charge in [-0.2, -0.15) is 0 Å². The summed E-state index contributed by atoms with van der Waals surface area (Å²) in [5.41, 5.74) is 3.81. The maximum Gasteiger partial charge on any atom is 0.287 e. The lowest BCUT2D eigenvalue weighted by Crippen LogP contribution is -2.46. The maximum absolute atomic E-state index is 12.4.